The molecule has 2 heterocycles. The van der Waals surface area contributed by atoms with Gasteiger partial charge in [-0.25, -0.2) is 8.42 Å². The van der Waals surface area contributed by atoms with Crippen LogP contribution in [0.1, 0.15) is 5.56 Å². The Bertz CT molecular complexity index is 1260. The molecule has 0 radical (unpaired) electrons. The summed E-state index contributed by atoms with van der Waals surface area (Å²) in [5.41, 5.74) is 1.84. The number of ether oxygens (including phenoxy) is 1. The summed E-state index contributed by atoms with van der Waals surface area (Å²) in [5.74, 6) is 0.698. The van der Waals surface area contributed by atoms with Crippen molar-refractivity contribution in [2.75, 3.05) is 11.4 Å². The van der Waals surface area contributed by atoms with Crippen LogP contribution in [0.15, 0.2) is 78.1 Å². The molecule has 29 heavy (non-hydrogen) atoms. The highest BCUT2D eigenvalue weighted by Gasteiger charge is 2.26. The number of fused-ring (bicyclic) bond motifs is 1. The molecule has 0 saturated carbocycles. The summed E-state index contributed by atoms with van der Waals surface area (Å²) in [4.78, 5) is 0.123. The molecule has 0 spiro atoms. The van der Waals surface area contributed by atoms with Crippen molar-refractivity contribution < 1.29 is 13.2 Å². The van der Waals surface area contributed by atoms with E-state index in [-0.39, 0.29) is 11.4 Å². The molecule has 2 aromatic carbocycles. The molecular formula is C20H17ClN4O3S. The van der Waals surface area contributed by atoms with Gasteiger partial charge in [-0.05, 0) is 48.0 Å². The van der Waals surface area contributed by atoms with Crippen molar-refractivity contribution in [1.82, 2.24) is 14.6 Å². The summed E-state index contributed by atoms with van der Waals surface area (Å²) < 4.78 is 35.2. The van der Waals surface area contributed by atoms with E-state index >= 15 is 0 Å². The van der Waals surface area contributed by atoms with Gasteiger partial charge in [-0.2, -0.15) is 0 Å². The highest BCUT2D eigenvalue weighted by atomic mass is 35.5. The van der Waals surface area contributed by atoms with E-state index in [2.05, 4.69) is 10.2 Å². The minimum Gasteiger partial charge on any atom is -0.497 e. The van der Waals surface area contributed by atoms with Gasteiger partial charge in [-0.3, -0.25) is 8.71 Å². The molecule has 0 bridgehead atoms. The Labute approximate surface area is 173 Å². The number of halogens is 1. The average molecular weight is 429 g/mol. The molecule has 0 fully saturated rings. The van der Waals surface area contributed by atoms with Crippen LogP contribution in [0.3, 0.4) is 0 Å². The normalized spacial score (nSPS) is 11.5. The van der Waals surface area contributed by atoms with Gasteiger partial charge in [0.15, 0.2) is 5.65 Å². The largest absolute Gasteiger partial charge is 0.497 e. The number of aromatic nitrogens is 3. The van der Waals surface area contributed by atoms with Crippen LogP contribution in [0.4, 0.5) is 5.69 Å². The summed E-state index contributed by atoms with van der Waals surface area (Å²) in [6.07, 6.45) is 2.96. The first-order valence-corrected chi connectivity index (χ1v) is 10.5. The first-order valence-electron chi connectivity index (χ1n) is 8.68. The third kappa shape index (κ3) is 3.90. The van der Waals surface area contributed by atoms with Crippen molar-refractivity contribution in [3.63, 3.8) is 0 Å². The van der Waals surface area contributed by atoms with Crippen molar-refractivity contribution in [3.05, 3.63) is 83.8 Å². The highest BCUT2D eigenvalue weighted by molar-refractivity contribution is 7.92. The highest BCUT2D eigenvalue weighted by Crippen LogP contribution is 2.28. The topological polar surface area (TPSA) is 76.8 Å². The maximum absolute atomic E-state index is 13.5. The Morgan fingerprint density at radius 2 is 1.90 bits per heavy atom. The summed E-state index contributed by atoms with van der Waals surface area (Å²) in [6, 6.07) is 17.1. The molecule has 4 aromatic rings. The monoisotopic (exact) mass is 428 g/mol. The molecule has 0 amide bonds. The second kappa shape index (κ2) is 7.73. The number of pyridine rings is 1. The van der Waals surface area contributed by atoms with Crippen LogP contribution in [0, 0.1) is 0 Å². The average Bonchev–Trinajstić information content (AvgIpc) is 3.20. The van der Waals surface area contributed by atoms with Gasteiger partial charge >= 0.3 is 0 Å². The number of benzene rings is 2. The lowest BCUT2D eigenvalue weighted by molar-refractivity contribution is 0.414. The molecule has 0 aliphatic carbocycles. The Kier molecular flexibility index (Phi) is 5.12. The number of sulfonamides is 1. The molecule has 4 rings (SSSR count). The van der Waals surface area contributed by atoms with Crippen LogP contribution in [0.25, 0.3) is 5.65 Å². The first kappa shape index (κ1) is 19.2. The van der Waals surface area contributed by atoms with Crippen molar-refractivity contribution in [2.24, 2.45) is 0 Å². The number of hydrogen-bond acceptors (Lipinski definition) is 5. The minimum atomic E-state index is -3.89. The van der Waals surface area contributed by atoms with Gasteiger partial charge in [-0.15, -0.1) is 10.2 Å². The van der Waals surface area contributed by atoms with E-state index in [0.29, 0.717) is 22.1 Å². The predicted molar refractivity (Wildman–Crippen MR) is 111 cm³/mol. The molecule has 0 saturated heterocycles. The van der Waals surface area contributed by atoms with Gasteiger partial charge < -0.3 is 4.74 Å². The van der Waals surface area contributed by atoms with Gasteiger partial charge in [-0.1, -0.05) is 29.8 Å². The third-order valence-corrected chi connectivity index (χ3v) is 6.43. The Balaban J connectivity index is 1.79. The van der Waals surface area contributed by atoms with Gasteiger partial charge in [0.25, 0.3) is 10.0 Å². The number of hydrogen-bond donors (Lipinski definition) is 0. The van der Waals surface area contributed by atoms with Crippen LogP contribution in [-0.4, -0.2) is 30.1 Å². The second-order valence-electron chi connectivity index (χ2n) is 6.30. The van der Waals surface area contributed by atoms with Gasteiger partial charge in [0.1, 0.15) is 17.0 Å². The summed E-state index contributed by atoms with van der Waals surface area (Å²) in [7, 11) is -2.30. The molecule has 9 heteroatoms. The molecular weight excluding hydrogens is 412 g/mol. The zero-order valence-electron chi connectivity index (χ0n) is 15.4. The lowest BCUT2D eigenvalue weighted by Crippen LogP contribution is -2.30. The maximum Gasteiger partial charge on any atom is 0.266 e. The molecule has 0 aliphatic heterocycles. The van der Waals surface area contributed by atoms with Crippen LogP contribution < -0.4 is 9.04 Å². The number of rotatable bonds is 6. The van der Waals surface area contributed by atoms with E-state index in [1.807, 2.05) is 12.1 Å². The SMILES string of the molecule is COc1ccc(CN(c2cccc(Cl)c2)S(=O)(=O)c2ccc3nncn3c2)cc1. The zero-order chi connectivity index (χ0) is 20.4. The molecule has 0 aliphatic rings. The Morgan fingerprint density at radius 1 is 1.10 bits per heavy atom. The molecule has 148 valence electrons. The predicted octanol–water partition coefficient (Wildman–Crippen LogP) is 3.79. The van der Waals surface area contributed by atoms with Crippen LogP contribution in [-0.2, 0) is 16.6 Å². The van der Waals surface area contributed by atoms with E-state index in [4.69, 9.17) is 16.3 Å². The Morgan fingerprint density at radius 3 is 2.62 bits per heavy atom. The molecule has 7 nitrogen and oxygen atoms in total. The molecule has 2 aromatic heterocycles. The third-order valence-electron chi connectivity index (χ3n) is 4.43. The standard InChI is InChI=1S/C20H17ClN4O3S/c1-28-18-7-5-15(6-8-18)12-25(17-4-2-3-16(21)11-17)29(26,27)19-9-10-20-23-22-14-24(20)13-19/h2-11,13-14H,12H2,1H3. The van der Waals surface area contributed by atoms with E-state index in [1.54, 1.807) is 54.0 Å². The second-order valence-corrected chi connectivity index (χ2v) is 8.60. The quantitative estimate of drug-likeness (QED) is 0.467. The number of anilines is 1. The fourth-order valence-electron chi connectivity index (χ4n) is 2.93. The first-order chi connectivity index (χ1) is 14.0. The zero-order valence-corrected chi connectivity index (χ0v) is 17.0. The van der Waals surface area contributed by atoms with Gasteiger partial charge in [0.05, 0.1) is 19.3 Å². The maximum atomic E-state index is 13.5. The lowest BCUT2D eigenvalue weighted by Gasteiger charge is -2.25. The van der Waals surface area contributed by atoms with Crippen LogP contribution in [0.2, 0.25) is 5.02 Å². The number of methoxy groups -OCH3 is 1. The summed E-state index contributed by atoms with van der Waals surface area (Å²) in [6.45, 7) is 0.132. The fraction of sp³-hybridized carbons (Fsp3) is 0.100. The summed E-state index contributed by atoms with van der Waals surface area (Å²) >= 11 is 6.13. The van der Waals surface area contributed by atoms with Crippen molar-refractivity contribution in [1.29, 1.82) is 0 Å². The van der Waals surface area contributed by atoms with Crippen LogP contribution in [0.5, 0.6) is 5.75 Å². The molecule has 0 unspecified atom stereocenters. The lowest BCUT2D eigenvalue weighted by atomic mass is 10.2. The van der Waals surface area contributed by atoms with E-state index in [1.165, 1.54) is 22.9 Å². The molecule has 0 N–H and O–H groups in total. The van der Waals surface area contributed by atoms with Crippen molar-refractivity contribution in [2.45, 2.75) is 11.4 Å². The smallest absolute Gasteiger partial charge is 0.266 e. The number of nitrogens with zero attached hydrogens (tertiary/aromatic N) is 4. The van der Waals surface area contributed by atoms with Gasteiger partial charge in [0, 0.05) is 11.2 Å². The van der Waals surface area contributed by atoms with E-state index in [0.717, 1.165) is 5.56 Å². The van der Waals surface area contributed by atoms with Gasteiger partial charge in [0.2, 0.25) is 0 Å². The van der Waals surface area contributed by atoms with E-state index in [9.17, 15) is 8.42 Å². The summed E-state index contributed by atoms with van der Waals surface area (Å²) in [5, 5.41) is 8.16. The van der Waals surface area contributed by atoms with Crippen molar-refractivity contribution in [3.8, 4) is 5.75 Å². The van der Waals surface area contributed by atoms with Crippen LogP contribution >= 0.6 is 11.6 Å². The Hall–Kier alpha value is -3.10. The van der Waals surface area contributed by atoms with E-state index < -0.39 is 10.0 Å². The van der Waals surface area contributed by atoms with Crippen molar-refractivity contribution >= 4 is 33.0 Å². The minimum absolute atomic E-state index is 0.123. The molecule has 0 atom stereocenters. The fourth-order valence-corrected chi connectivity index (χ4v) is 4.57.